The molecule has 9 heteroatoms. The van der Waals surface area contributed by atoms with Crippen molar-refractivity contribution in [2.24, 2.45) is 0 Å². The van der Waals surface area contributed by atoms with Crippen LogP contribution in [0.2, 0.25) is 0 Å². The minimum Gasteiger partial charge on any atom is -0.459 e. The van der Waals surface area contributed by atoms with Gasteiger partial charge >= 0.3 is 17.9 Å². The first kappa shape index (κ1) is 44.1. The Morgan fingerprint density at radius 3 is 1.33 bits per heavy atom. The van der Waals surface area contributed by atoms with Crippen molar-refractivity contribution >= 4 is 17.9 Å². The standard InChI is InChI=1S/C45H60O9/c1-5-6-7-8-9-10-11-12-13-14-15-16-26-33-38(53-44(47)41(50-3)36-29-22-18-23-30-36)39(54-45(48)42(51-4)37-31-24-19-25-32-37)34-52-43(46)40(49-2)35-27-20-17-21-28-35/h17-33,38-42H,5-16,34H2,1-4H3/b33-26+/t38-,39-,40+,41+,42+/m1/s1. The van der Waals surface area contributed by atoms with Crippen LogP contribution < -0.4 is 0 Å². The predicted octanol–water partition coefficient (Wildman–Crippen LogP) is 9.77. The van der Waals surface area contributed by atoms with Crippen molar-refractivity contribution in [3.05, 3.63) is 120 Å². The van der Waals surface area contributed by atoms with Gasteiger partial charge in [-0.1, -0.05) is 168 Å². The third-order valence-electron chi connectivity index (χ3n) is 9.23. The molecule has 0 N–H and O–H groups in total. The average molecular weight is 745 g/mol. The Hall–Kier alpha value is -4.31. The van der Waals surface area contributed by atoms with Crippen molar-refractivity contribution in [1.82, 2.24) is 0 Å². The van der Waals surface area contributed by atoms with Gasteiger partial charge in [-0.2, -0.15) is 0 Å². The monoisotopic (exact) mass is 744 g/mol. The van der Waals surface area contributed by atoms with Crippen molar-refractivity contribution in [3.8, 4) is 0 Å². The summed E-state index contributed by atoms with van der Waals surface area (Å²) in [6.07, 6.45) is 12.4. The van der Waals surface area contributed by atoms with Gasteiger partial charge < -0.3 is 28.4 Å². The van der Waals surface area contributed by atoms with Crippen LogP contribution >= 0.6 is 0 Å². The van der Waals surface area contributed by atoms with E-state index in [1.165, 1.54) is 72.7 Å². The van der Waals surface area contributed by atoms with Gasteiger partial charge in [0.2, 0.25) is 0 Å². The number of carbonyl (C=O) groups is 3. The first-order valence-corrected chi connectivity index (χ1v) is 19.4. The van der Waals surface area contributed by atoms with E-state index in [1.807, 2.05) is 24.3 Å². The smallest absolute Gasteiger partial charge is 0.340 e. The lowest BCUT2D eigenvalue weighted by molar-refractivity contribution is -0.184. The first-order valence-electron chi connectivity index (χ1n) is 19.4. The number of allylic oxidation sites excluding steroid dienone is 1. The molecule has 5 atom stereocenters. The highest BCUT2D eigenvalue weighted by atomic mass is 16.6. The minimum atomic E-state index is -1.23. The summed E-state index contributed by atoms with van der Waals surface area (Å²) in [4.78, 5) is 40.8. The summed E-state index contributed by atoms with van der Waals surface area (Å²) in [6.45, 7) is 1.82. The molecule has 0 aliphatic carbocycles. The predicted molar refractivity (Wildman–Crippen MR) is 210 cm³/mol. The van der Waals surface area contributed by atoms with Gasteiger partial charge in [-0.15, -0.1) is 0 Å². The van der Waals surface area contributed by atoms with E-state index in [-0.39, 0.29) is 0 Å². The Kier molecular flexibility index (Phi) is 21.6. The van der Waals surface area contributed by atoms with Crippen LogP contribution in [0.25, 0.3) is 0 Å². The fourth-order valence-electron chi connectivity index (χ4n) is 6.23. The molecule has 0 saturated carbocycles. The molecule has 0 unspecified atom stereocenters. The fraction of sp³-hybridized carbons (Fsp3) is 0.489. The topological polar surface area (TPSA) is 107 Å². The SMILES string of the molecule is CCCCCCCCCCCCC/C=C/[C@@H](OC(=O)[C@@H](OC)c1ccccc1)[C@@H](COC(=O)[C@@H](OC)c1ccccc1)OC(=O)[C@@H](OC)c1ccccc1. The maximum Gasteiger partial charge on any atom is 0.340 e. The van der Waals surface area contributed by atoms with Gasteiger partial charge in [0.15, 0.2) is 30.5 Å². The number of hydrogen-bond donors (Lipinski definition) is 0. The summed E-state index contributed by atoms with van der Waals surface area (Å²) in [6, 6.07) is 26.8. The van der Waals surface area contributed by atoms with Crippen LogP contribution in [-0.4, -0.2) is 58.1 Å². The Balaban J connectivity index is 1.80. The third-order valence-corrected chi connectivity index (χ3v) is 9.23. The highest BCUT2D eigenvalue weighted by molar-refractivity contribution is 5.78. The van der Waals surface area contributed by atoms with Crippen LogP contribution in [0.3, 0.4) is 0 Å². The van der Waals surface area contributed by atoms with Crippen LogP contribution in [0.1, 0.15) is 119 Å². The first-order chi connectivity index (χ1) is 26.4. The molecule has 3 rings (SSSR count). The van der Waals surface area contributed by atoms with E-state index >= 15 is 0 Å². The molecule has 0 amide bonds. The molecule has 0 fully saturated rings. The summed E-state index contributed by atoms with van der Waals surface area (Å²) < 4.78 is 34.4. The van der Waals surface area contributed by atoms with Gasteiger partial charge in [-0.3, -0.25) is 0 Å². The number of ether oxygens (including phenoxy) is 6. The summed E-state index contributed by atoms with van der Waals surface area (Å²) in [5.41, 5.74) is 1.78. The lowest BCUT2D eigenvalue weighted by Gasteiger charge is -2.28. The molecule has 9 nitrogen and oxygen atoms in total. The maximum absolute atomic E-state index is 13.7. The summed E-state index contributed by atoms with van der Waals surface area (Å²) >= 11 is 0. The van der Waals surface area contributed by atoms with Crippen molar-refractivity contribution in [3.63, 3.8) is 0 Å². The van der Waals surface area contributed by atoms with Gasteiger partial charge in [0.25, 0.3) is 0 Å². The summed E-state index contributed by atoms with van der Waals surface area (Å²) in [5.74, 6) is -2.11. The molecule has 0 heterocycles. The van der Waals surface area contributed by atoms with E-state index in [1.54, 1.807) is 78.9 Å². The number of benzene rings is 3. The van der Waals surface area contributed by atoms with E-state index in [0.29, 0.717) is 16.7 Å². The molecule has 3 aromatic rings. The number of hydrogen-bond acceptors (Lipinski definition) is 9. The van der Waals surface area contributed by atoms with Crippen LogP contribution in [0.4, 0.5) is 0 Å². The number of carbonyl (C=O) groups excluding carboxylic acids is 3. The second-order valence-corrected chi connectivity index (χ2v) is 13.3. The van der Waals surface area contributed by atoms with Gasteiger partial charge in [-0.05, 0) is 35.6 Å². The largest absolute Gasteiger partial charge is 0.459 e. The second-order valence-electron chi connectivity index (χ2n) is 13.3. The van der Waals surface area contributed by atoms with Crippen LogP contribution in [0.5, 0.6) is 0 Å². The molecule has 0 bridgehead atoms. The van der Waals surface area contributed by atoms with Crippen molar-refractivity contribution in [2.75, 3.05) is 27.9 Å². The quantitative estimate of drug-likeness (QED) is 0.0326. The highest BCUT2D eigenvalue weighted by Gasteiger charge is 2.35. The summed E-state index contributed by atoms with van der Waals surface area (Å²) in [5, 5.41) is 0. The second kappa shape index (κ2) is 26.5. The Morgan fingerprint density at radius 2 is 0.907 bits per heavy atom. The lowest BCUT2D eigenvalue weighted by atomic mass is 10.0. The minimum absolute atomic E-state index is 0.424. The number of unbranched alkanes of at least 4 members (excludes halogenated alkanes) is 11. The molecule has 0 saturated heterocycles. The lowest BCUT2D eigenvalue weighted by Crippen LogP contribution is -2.40. The van der Waals surface area contributed by atoms with E-state index < -0.39 is 55.0 Å². The molecule has 0 spiro atoms. The van der Waals surface area contributed by atoms with Crippen LogP contribution in [-0.2, 0) is 42.8 Å². The molecular weight excluding hydrogens is 684 g/mol. The molecule has 54 heavy (non-hydrogen) atoms. The zero-order valence-corrected chi connectivity index (χ0v) is 32.6. The maximum atomic E-state index is 13.7. The van der Waals surface area contributed by atoms with Gasteiger partial charge in [0, 0.05) is 21.3 Å². The third kappa shape index (κ3) is 15.6. The van der Waals surface area contributed by atoms with Gasteiger partial charge in [-0.25, -0.2) is 14.4 Å². The summed E-state index contributed by atoms with van der Waals surface area (Å²) in [7, 11) is 4.24. The fourth-order valence-corrected chi connectivity index (χ4v) is 6.23. The zero-order valence-electron chi connectivity index (χ0n) is 32.6. The van der Waals surface area contributed by atoms with Crippen LogP contribution in [0.15, 0.2) is 103 Å². The number of methoxy groups -OCH3 is 3. The molecule has 0 aliphatic rings. The van der Waals surface area contributed by atoms with Crippen molar-refractivity contribution in [2.45, 2.75) is 114 Å². The number of esters is 3. The average Bonchev–Trinajstić information content (AvgIpc) is 3.20. The Morgan fingerprint density at radius 1 is 0.519 bits per heavy atom. The molecule has 0 aromatic heterocycles. The molecule has 294 valence electrons. The van der Waals surface area contributed by atoms with Crippen molar-refractivity contribution in [1.29, 1.82) is 0 Å². The zero-order chi connectivity index (χ0) is 38.8. The normalized spacial score (nSPS) is 14.1. The van der Waals surface area contributed by atoms with Crippen molar-refractivity contribution < 1.29 is 42.8 Å². The van der Waals surface area contributed by atoms with Gasteiger partial charge in [0.05, 0.1) is 0 Å². The Bertz CT molecular complexity index is 1480. The van der Waals surface area contributed by atoms with Gasteiger partial charge in [0.1, 0.15) is 6.61 Å². The molecule has 0 aliphatic heterocycles. The van der Waals surface area contributed by atoms with E-state index in [4.69, 9.17) is 28.4 Å². The number of rotatable bonds is 27. The molecule has 3 aromatic carbocycles. The van der Waals surface area contributed by atoms with E-state index in [9.17, 15) is 14.4 Å². The molecule has 0 radical (unpaired) electrons. The Labute approximate surface area is 322 Å². The van der Waals surface area contributed by atoms with E-state index in [0.717, 1.165) is 25.7 Å². The highest BCUT2D eigenvalue weighted by Crippen LogP contribution is 2.25. The van der Waals surface area contributed by atoms with Crippen LogP contribution in [0, 0.1) is 0 Å². The van der Waals surface area contributed by atoms with E-state index in [2.05, 4.69) is 6.92 Å². The molecular formula is C45H60O9.